The molecule has 0 saturated carbocycles. The van der Waals surface area contributed by atoms with Crippen molar-refractivity contribution in [1.29, 1.82) is 0 Å². The quantitative estimate of drug-likeness (QED) is 0.0346. The van der Waals surface area contributed by atoms with Gasteiger partial charge in [-0.1, -0.05) is 244 Å². The van der Waals surface area contributed by atoms with Gasteiger partial charge < -0.3 is 9.80 Å². The molecule has 4 atom stereocenters. The number of allylic oxidation sites excluding steroid dienone is 8. The number of hydrogen-bond acceptors (Lipinski definition) is 14. The lowest BCUT2D eigenvalue weighted by Gasteiger charge is -2.33. The van der Waals surface area contributed by atoms with E-state index in [1.807, 2.05) is 12.1 Å². The van der Waals surface area contributed by atoms with Crippen molar-refractivity contribution in [3.63, 3.8) is 0 Å². The standard InChI is InChI=1S/C100H90N6O4.2ClHO4/c1-7-99(65-71-33-19-13-20-34-71)85-57-51-75-37-23-25-39-81(75)95(85)101(9-3)91(99)43-27-41-89-97(5,63-69-29-15-11-16-30-69)93-83-61-79(105(107)108)55-49-77(83)53-59-87(93)103(89)67-73-45-47-74(48-46-73)68-104-88-60-54-78-50-56-80(106(109)110)62-84(78)94(88)98(6,64-70-31-17-12-18-32-70)90(104)42-28-44-92-100(8-2,66-72-35-21-14-22-36-72)86-58-52-76-38-24-26-40-82(76)96(86)102(92)10-4;2*2-1(3,4)5/h11-62H,7-10,63-68H2,1-6H3;2*(H,2,3,4,5)/q+2;;/p-2. The molecule has 120 heavy (non-hydrogen) atoms. The van der Waals surface area contributed by atoms with Crippen LogP contribution in [0.4, 0.5) is 34.1 Å². The van der Waals surface area contributed by atoms with E-state index in [1.54, 1.807) is 24.3 Å². The number of rotatable bonds is 22. The van der Waals surface area contributed by atoms with E-state index in [-0.39, 0.29) is 32.1 Å². The van der Waals surface area contributed by atoms with Gasteiger partial charge in [0.1, 0.15) is 0 Å². The van der Waals surface area contributed by atoms with Crippen LogP contribution < -0.4 is 47.1 Å². The molecule has 0 fully saturated rings. The first-order chi connectivity index (χ1) is 57.7. The average Bonchev–Trinajstić information content (AvgIpc) is 1.57. The Labute approximate surface area is 701 Å². The van der Waals surface area contributed by atoms with E-state index in [2.05, 4.69) is 340 Å². The van der Waals surface area contributed by atoms with Crippen LogP contribution in [0.3, 0.4) is 0 Å². The second-order valence-electron chi connectivity index (χ2n) is 31.6. The van der Waals surface area contributed by atoms with Crippen LogP contribution in [0.1, 0.15) is 110 Å². The van der Waals surface area contributed by atoms with E-state index in [1.165, 1.54) is 66.6 Å². The summed E-state index contributed by atoms with van der Waals surface area (Å²) in [6.45, 7) is 16.5. The maximum absolute atomic E-state index is 12.8. The van der Waals surface area contributed by atoms with Gasteiger partial charge in [-0.3, -0.25) is 20.2 Å². The molecule has 18 nitrogen and oxygen atoms in total. The van der Waals surface area contributed by atoms with Crippen LogP contribution in [0.25, 0.3) is 43.1 Å². The smallest absolute Gasteiger partial charge is 0.270 e. The predicted octanol–water partition coefficient (Wildman–Crippen LogP) is 13.9. The number of benzene rings is 13. The molecular formula is C100H90Cl2N6O12. The first-order valence-corrected chi connectivity index (χ1v) is 42.7. The van der Waals surface area contributed by atoms with Crippen molar-refractivity contribution in [2.24, 2.45) is 0 Å². The van der Waals surface area contributed by atoms with Gasteiger partial charge in [0.2, 0.25) is 11.4 Å². The van der Waals surface area contributed by atoms with Crippen LogP contribution in [0.5, 0.6) is 0 Å². The Balaban J connectivity index is 0.00000106. The Morgan fingerprint density at radius 2 is 0.658 bits per heavy atom. The van der Waals surface area contributed by atoms with Crippen molar-refractivity contribution < 1.29 is 76.8 Å². The molecule has 0 saturated heterocycles. The molecule has 20 heteroatoms. The third-order valence-electron chi connectivity index (χ3n) is 24.8. The topological polar surface area (TPSA) is 283 Å². The summed E-state index contributed by atoms with van der Waals surface area (Å²) >= 11 is 0. The Morgan fingerprint density at radius 1 is 0.358 bits per heavy atom. The van der Waals surface area contributed by atoms with Gasteiger partial charge in [0.15, 0.2) is 24.5 Å². The zero-order valence-electron chi connectivity index (χ0n) is 67.4. The molecule has 17 rings (SSSR count). The lowest BCUT2D eigenvalue weighted by molar-refractivity contribution is -2.00. The number of nitrogens with zero attached hydrogens (tertiary/aromatic N) is 6. The number of non-ortho nitro benzene ring substituents is 2. The normalized spacial score (nSPS) is 19.4. The largest absolute Gasteiger partial charge is 0.344 e. The molecule has 0 radical (unpaired) electrons. The van der Waals surface area contributed by atoms with Crippen LogP contribution in [0.15, 0.2) is 327 Å². The fraction of sp³-hybridized carbons (Fsp3) is 0.200. The lowest BCUT2D eigenvalue weighted by Crippen LogP contribution is -2.68. The Kier molecular flexibility index (Phi) is 23.5. The summed E-state index contributed by atoms with van der Waals surface area (Å²) in [5.41, 5.74) is 19.3. The zero-order chi connectivity index (χ0) is 84.5. The molecule has 0 N–H and O–H groups in total. The summed E-state index contributed by atoms with van der Waals surface area (Å²) < 4.78 is 72.9. The van der Waals surface area contributed by atoms with E-state index in [0.29, 0.717) is 25.9 Å². The van der Waals surface area contributed by atoms with Crippen molar-refractivity contribution in [2.45, 2.75) is 115 Å². The summed E-state index contributed by atoms with van der Waals surface area (Å²) in [4.78, 5) is 30.3. The molecule has 0 aliphatic carbocycles. The van der Waals surface area contributed by atoms with E-state index >= 15 is 0 Å². The van der Waals surface area contributed by atoms with Crippen LogP contribution >= 0.6 is 0 Å². The maximum Gasteiger partial charge on any atom is 0.270 e. The number of nitro benzene ring substituents is 2. The molecule has 0 aromatic heterocycles. The summed E-state index contributed by atoms with van der Waals surface area (Å²) in [5.74, 6) is 0. The number of nitro groups is 2. The van der Waals surface area contributed by atoms with E-state index < -0.39 is 31.3 Å². The zero-order valence-corrected chi connectivity index (χ0v) is 68.9. The molecule has 0 spiro atoms. The van der Waals surface area contributed by atoms with Crippen molar-refractivity contribution in [1.82, 2.24) is 0 Å². The highest BCUT2D eigenvalue weighted by molar-refractivity contribution is 6.10. The summed E-state index contributed by atoms with van der Waals surface area (Å²) in [7, 11) is -9.89. The third kappa shape index (κ3) is 16.2. The van der Waals surface area contributed by atoms with Gasteiger partial charge in [-0.05, 0) is 168 Å². The first kappa shape index (κ1) is 82.9. The minimum absolute atomic E-state index is 0.0590. The molecular weight excluding hydrogens is 1550 g/mol. The highest BCUT2D eigenvalue weighted by Crippen LogP contribution is 2.57. The number of fused-ring (bicyclic) bond motifs is 12. The monoisotopic (exact) mass is 1640 g/mol. The molecule has 0 bridgehead atoms. The minimum Gasteiger partial charge on any atom is -0.344 e. The number of hydrogen-bond donors (Lipinski definition) is 0. The van der Waals surface area contributed by atoms with Crippen LogP contribution in [-0.2, 0) is 60.4 Å². The molecule has 0 amide bonds. The predicted molar refractivity (Wildman–Crippen MR) is 453 cm³/mol. The highest BCUT2D eigenvalue weighted by atomic mass is 35.7. The van der Waals surface area contributed by atoms with Crippen molar-refractivity contribution >= 4 is 88.6 Å². The average molecular weight is 1640 g/mol. The number of anilines is 2. The highest BCUT2D eigenvalue weighted by Gasteiger charge is 2.53. The summed E-state index contributed by atoms with van der Waals surface area (Å²) in [5, 5.41) is 34.3. The Morgan fingerprint density at radius 3 is 0.983 bits per heavy atom. The lowest BCUT2D eigenvalue weighted by atomic mass is 9.72. The Hall–Kier alpha value is -12.1. The molecule has 13 aromatic carbocycles. The number of likely N-dealkylation sites (N-methyl/N-ethyl adjacent to an activating group) is 2. The van der Waals surface area contributed by atoms with E-state index in [0.717, 1.165) is 116 Å². The van der Waals surface area contributed by atoms with Gasteiger partial charge in [-0.2, -0.15) is 9.15 Å². The molecule has 4 unspecified atom stereocenters. The van der Waals surface area contributed by atoms with Crippen LogP contribution in [-0.4, -0.2) is 43.5 Å². The summed E-state index contributed by atoms with van der Waals surface area (Å²) in [6, 6.07) is 98.6. The van der Waals surface area contributed by atoms with Gasteiger partial charge in [0.25, 0.3) is 11.4 Å². The molecule has 4 aliphatic heterocycles. The van der Waals surface area contributed by atoms with Gasteiger partial charge in [-0.25, -0.2) is 37.3 Å². The maximum atomic E-state index is 12.8. The molecule has 4 heterocycles. The van der Waals surface area contributed by atoms with Gasteiger partial charge in [-0.15, -0.1) is 20.5 Å². The summed E-state index contributed by atoms with van der Waals surface area (Å²) in [6.07, 6.45) is 18.8. The van der Waals surface area contributed by atoms with Gasteiger partial charge in [0, 0.05) is 117 Å². The van der Waals surface area contributed by atoms with E-state index in [9.17, 15) is 20.2 Å². The second kappa shape index (κ2) is 33.9. The van der Waals surface area contributed by atoms with Gasteiger partial charge in [0.05, 0.1) is 32.1 Å². The van der Waals surface area contributed by atoms with Crippen molar-refractivity contribution in [2.75, 3.05) is 22.9 Å². The van der Waals surface area contributed by atoms with Crippen molar-refractivity contribution in [3.8, 4) is 0 Å². The molecule has 606 valence electrons. The molecule has 13 aromatic rings. The first-order valence-electron chi connectivity index (χ1n) is 40.3. The van der Waals surface area contributed by atoms with Crippen molar-refractivity contribution in [3.05, 3.63) is 403 Å². The van der Waals surface area contributed by atoms with Crippen LogP contribution in [0, 0.1) is 40.7 Å². The van der Waals surface area contributed by atoms with Gasteiger partial charge >= 0.3 is 0 Å². The number of halogens is 2. The van der Waals surface area contributed by atoms with Crippen LogP contribution in [0.2, 0.25) is 0 Å². The SMILES string of the molecule is CCN1/C(=C/C=C/C2=[N+](Cc3ccc(C[N+]4=C(/C=C/C=C5/N(CC)c6c(ccc7ccccc67)C5(CC)Cc5ccccc5)C(C)(Cc5ccccc5)c5c4ccc4ccc([N+](=O)[O-])cc54)cc3)c3ccc4ccc([N+](=O)[O-])cc4c3C2(C)Cc2ccccc2)C(CC)(Cc2ccccc2)c2ccc3ccccc3c21.[O-][Cl+3]([O-])([O-])[O-].[O-][Cl+3]([O-])([O-])[O-]. The van der Waals surface area contributed by atoms with E-state index in [4.69, 9.17) is 37.3 Å². The Bertz CT molecular complexity index is 5900. The fourth-order valence-electron chi connectivity index (χ4n) is 19.7. The second-order valence-corrected chi connectivity index (χ2v) is 33.1. The third-order valence-corrected chi connectivity index (χ3v) is 24.8. The fourth-order valence-corrected chi connectivity index (χ4v) is 19.7. The minimum atomic E-state index is -4.94. The molecule has 4 aliphatic rings.